The molecular weight excluding hydrogens is 244 g/mol. The summed E-state index contributed by atoms with van der Waals surface area (Å²) in [6.45, 7) is 2.25. The zero-order valence-corrected chi connectivity index (χ0v) is 11.5. The smallest absolute Gasteiger partial charge is 0.0992 e. The van der Waals surface area contributed by atoms with E-state index in [1.807, 2.05) is 6.07 Å². The third-order valence-electron chi connectivity index (χ3n) is 3.87. The van der Waals surface area contributed by atoms with Gasteiger partial charge in [0.25, 0.3) is 0 Å². The third-order valence-corrected chi connectivity index (χ3v) is 4.20. The van der Waals surface area contributed by atoms with E-state index in [1.165, 1.54) is 32.1 Å². The largest absolute Gasteiger partial charge is 0.381 e. The zero-order valence-electron chi connectivity index (χ0n) is 10.7. The van der Waals surface area contributed by atoms with Gasteiger partial charge in [-0.15, -0.1) is 0 Å². The van der Waals surface area contributed by atoms with Gasteiger partial charge in [-0.2, -0.15) is 5.26 Å². The van der Waals surface area contributed by atoms with Gasteiger partial charge in [-0.1, -0.05) is 37.8 Å². The lowest BCUT2D eigenvalue weighted by atomic mass is 9.83. The summed E-state index contributed by atoms with van der Waals surface area (Å²) in [6.07, 6.45) is 6.31. The molecule has 0 amide bonds. The third kappa shape index (κ3) is 2.97. The highest BCUT2D eigenvalue weighted by atomic mass is 35.5. The van der Waals surface area contributed by atoms with Crippen molar-refractivity contribution >= 4 is 17.3 Å². The second kappa shape index (κ2) is 6.11. The van der Waals surface area contributed by atoms with E-state index in [2.05, 4.69) is 18.3 Å². The second-order valence-corrected chi connectivity index (χ2v) is 5.42. The minimum absolute atomic E-state index is 0.496. The van der Waals surface area contributed by atoms with E-state index < -0.39 is 0 Å². The summed E-state index contributed by atoms with van der Waals surface area (Å²) in [5, 5.41) is 13.2. The number of nitrogens with zero attached hydrogens (tertiary/aromatic N) is 1. The highest BCUT2D eigenvalue weighted by Crippen LogP contribution is 2.32. The first-order chi connectivity index (χ1) is 8.74. The monoisotopic (exact) mass is 262 g/mol. The molecular formula is C15H19ClN2. The highest BCUT2D eigenvalue weighted by molar-refractivity contribution is 6.33. The molecule has 1 saturated carbocycles. The van der Waals surface area contributed by atoms with Gasteiger partial charge in [-0.05, 0) is 37.0 Å². The van der Waals surface area contributed by atoms with Crippen molar-refractivity contribution in [3.05, 3.63) is 28.8 Å². The molecule has 18 heavy (non-hydrogen) atoms. The SMILES string of the molecule is CCC1CCCCC1Nc1cc(C#N)ccc1Cl. The first kappa shape index (κ1) is 13.2. The minimum atomic E-state index is 0.496. The van der Waals surface area contributed by atoms with Crippen LogP contribution in [0.4, 0.5) is 5.69 Å². The molecule has 1 N–H and O–H groups in total. The first-order valence-corrected chi connectivity index (χ1v) is 7.08. The van der Waals surface area contributed by atoms with E-state index in [0.717, 1.165) is 11.6 Å². The van der Waals surface area contributed by atoms with E-state index in [4.69, 9.17) is 16.9 Å². The van der Waals surface area contributed by atoms with E-state index >= 15 is 0 Å². The summed E-state index contributed by atoms with van der Waals surface area (Å²) in [6, 6.07) is 8.06. The lowest BCUT2D eigenvalue weighted by molar-refractivity contribution is 0.317. The first-order valence-electron chi connectivity index (χ1n) is 6.70. The van der Waals surface area contributed by atoms with Crippen LogP contribution in [0.5, 0.6) is 0 Å². The molecule has 0 spiro atoms. The maximum Gasteiger partial charge on any atom is 0.0992 e. The normalized spacial score (nSPS) is 23.4. The Morgan fingerprint density at radius 3 is 2.89 bits per heavy atom. The molecule has 0 radical (unpaired) electrons. The fourth-order valence-corrected chi connectivity index (χ4v) is 2.96. The summed E-state index contributed by atoms with van der Waals surface area (Å²) < 4.78 is 0. The number of halogens is 1. The molecule has 2 atom stereocenters. The molecule has 2 nitrogen and oxygen atoms in total. The average Bonchev–Trinajstić information content (AvgIpc) is 2.42. The number of rotatable bonds is 3. The van der Waals surface area contributed by atoms with Gasteiger partial charge in [0.05, 0.1) is 22.3 Å². The lowest BCUT2D eigenvalue weighted by Gasteiger charge is -2.32. The molecule has 1 aliphatic rings. The summed E-state index contributed by atoms with van der Waals surface area (Å²) >= 11 is 6.19. The molecule has 1 fully saturated rings. The van der Waals surface area contributed by atoms with Gasteiger partial charge in [-0.3, -0.25) is 0 Å². The fraction of sp³-hybridized carbons (Fsp3) is 0.533. The van der Waals surface area contributed by atoms with Crippen LogP contribution in [0.15, 0.2) is 18.2 Å². The molecule has 2 rings (SSSR count). The molecule has 0 heterocycles. The molecule has 1 aromatic carbocycles. The number of anilines is 1. The summed E-state index contributed by atoms with van der Waals surface area (Å²) in [5.41, 5.74) is 1.56. The Bertz CT molecular complexity index is 450. The summed E-state index contributed by atoms with van der Waals surface area (Å²) in [7, 11) is 0. The van der Waals surface area contributed by atoms with Gasteiger partial charge < -0.3 is 5.32 Å². The van der Waals surface area contributed by atoms with Crippen molar-refractivity contribution in [3.63, 3.8) is 0 Å². The maximum absolute atomic E-state index is 8.94. The zero-order chi connectivity index (χ0) is 13.0. The fourth-order valence-electron chi connectivity index (χ4n) is 2.79. The lowest BCUT2D eigenvalue weighted by Crippen LogP contribution is -2.31. The molecule has 0 aromatic heterocycles. The van der Waals surface area contributed by atoms with Gasteiger partial charge in [0, 0.05) is 6.04 Å². The van der Waals surface area contributed by atoms with Crippen LogP contribution >= 0.6 is 11.6 Å². The van der Waals surface area contributed by atoms with Crippen LogP contribution in [-0.4, -0.2) is 6.04 Å². The van der Waals surface area contributed by atoms with Crippen LogP contribution in [0.25, 0.3) is 0 Å². The van der Waals surface area contributed by atoms with Crippen LogP contribution in [-0.2, 0) is 0 Å². The quantitative estimate of drug-likeness (QED) is 0.865. The molecule has 0 saturated heterocycles. The molecule has 2 unspecified atom stereocenters. The topological polar surface area (TPSA) is 35.8 Å². The van der Waals surface area contributed by atoms with Gasteiger partial charge in [0.15, 0.2) is 0 Å². The van der Waals surface area contributed by atoms with E-state index in [9.17, 15) is 0 Å². The van der Waals surface area contributed by atoms with Crippen LogP contribution in [0.3, 0.4) is 0 Å². The Kier molecular flexibility index (Phi) is 4.49. The number of hydrogen-bond donors (Lipinski definition) is 1. The van der Waals surface area contributed by atoms with Crippen molar-refractivity contribution < 1.29 is 0 Å². The van der Waals surface area contributed by atoms with Crippen molar-refractivity contribution in [2.45, 2.75) is 45.1 Å². The number of benzene rings is 1. The molecule has 3 heteroatoms. The standard InChI is InChI=1S/C15H19ClN2/c1-2-12-5-3-4-6-14(12)18-15-9-11(10-17)7-8-13(15)16/h7-9,12,14,18H,2-6H2,1H3. The Labute approximate surface area is 114 Å². The maximum atomic E-state index is 8.94. The highest BCUT2D eigenvalue weighted by Gasteiger charge is 2.23. The Balaban J connectivity index is 2.14. The van der Waals surface area contributed by atoms with Crippen molar-refractivity contribution in [3.8, 4) is 6.07 Å². The van der Waals surface area contributed by atoms with Crippen molar-refractivity contribution in [2.75, 3.05) is 5.32 Å². The second-order valence-electron chi connectivity index (χ2n) is 5.01. The summed E-state index contributed by atoms with van der Waals surface area (Å²) in [4.78, 5) is 0. The predicted molar refractivity (Wildman–Crippen MR) is 75.8 cm³/mol. The number of nitrogens with one attached hydrogen (secondary N) is 1. The Hall–Kier alpha value is -1.20. The van der Waals surface area contributed by atoms with E-state index in [0.29, 0.717) is 16.6 Å². The van der Waals surface area contributed by atoms with Crippen LogP contribution in [0.1, 0.15) is 44.6 Å². The number of nitriles is 1. The predicted octanol–water partition coefficient (Wildman–Crippen LogP) is 4.59. The van der Waals surface area contributed by atoms with Gasteiger partial charge in [0.2, 0.25) is 0 Å². The number of hydrogen-bond acceptors (Lipinski definition) is 2. The minimum Gasteiger partial charge on any atom is -0.381 e. The Morgan fingerprint density at radius 1 is 1.39 bits per heavy atom. The Morgan fingerprint density at radius 2 is 2.17 bits per heavy atom. The molecule has 96 valence electrons. The van der Waals surface area contributed by atoms with Crippen LogP contribution in [0.2, 0.25) is 5.02 Å². The van der Waals surface area contributed by atoms with E-state index in [-0.39, 0.29) is 0 Å². The van der Waals surface area contributed by atoms with Crippen LogP contribution < -0.4 is 5.32 Å². The van der Waals surface area contributed by atoms with Crippen molar-refractivity contribution in [1.82, 2.24) is 0 Å². The molecule has 0 aliphatic heterocycles. The van der Waals surface area contributed by atoms with Crippen LogP contribution in [0, 0.1) is 17.2 Å². The van der Waals surface area contributed by atoms with Gasteiger partial charge in [0.1, 0.15) is 0 Å². The van der Waals surface area contributed by atoms with Crippen molar-refractivity contribution in [2.24, 2.45) is 5.92 Å². The average molecular weight is 263 g/mol. The summed E-state index contributed by atoms with van der Waals surface area (Å²) in [5.74, 6) is 0.723. The van der Waals surface area contributed by atoms with E-state index in [1.54, 1.807) is 12.1 Å². The van der Waals surface area contributed by atoms with Crippen molar-refractivity contribution in [1.29, 1.82) is 5.26 Å². The molecule has 0 bridgehead atoms. The van der Waals surface area contributed by atoms with Gasteiger partial charge >= 0.3 is 0 Å². The molecule has 1 aromatic rings. The van der Waals surface area contributed by atoms with Gasteiger partial charge in [-0.25, -0.2) is 0 Å². The molecule has 1 aliphatic carbocycles.